The Kier molecular flexibility index (Phi) is 4.96. The van der Waals surface area contributed by atoms with Crippen molar-refractivity contribution in [1.82, 2.24) is 5.32 Å². The van der Waals surface area contributed by atoms with Crippen molar-refractivity contribution in [3.8, 4) is 0 Å². The van der Waals surface area contributed by atoms with Crippen molar-refractivity contribution in [1.29, 1.82) is 0 Å². The van der Waals surface area contributed by atoms with E-state index < -0.39 is 15.9 Å². The molecule has 0 fully saturated rings. The molecule has 1 aromatic carbocycles. The summed E-state index contributed by atoms with van der Waals surface area (Å²) >= 11 is 0. The Morgan fingerprint density at radius 3 is 2.53 bits per heavy atom. The van der Waals surface area contributed by atoms with Crippen LogP contribution in [0.4, 0.5) is 4.79 Å². The Morgan fingerprint density at radius 2 is 1.94 bits per heavy atom. The summed E-state index contributed by atoms with van der Waals surface area (Å²) in [5.41, 5.74) is 0.868. The van der Waals surface area contributed by atoms with Gasteiger partial charge < -0.3 is 10.1 Å². The quantitative estimate of drug-likeness (QED) is 0.856. The van der Waals surface area contributed by atoms with Crippen molar-refractivity contribution in [2.24, 2.45) is 0 Å². The summed E-state index contributed by atoms with van der Waals surface area (Å²) in [6.07, 6.45) is 2.30. The van der Waals surface area contributed by atoms with Gasteiger partial charge in [-0.2, -0.15) is 0 Å². The molecule has 0 aliphatic heterocycles. The van der Waals surface area contributed by atoms with Gasteiger partial charge in [-0.15, -0.1) is 0 Å². The van der Waals surface area contributed by atoms with Crippen molar-refractivity contribution in [2.75, 3.05) is 12.3 Å². The zero-order chi connectivity index (χ0) is 12.7. The van der Waals surface area contributed by atoms with E-state index in [0.717, 1.165) is 5.56 Å². The van der Waals surface area contributed by atoms with Gasteiger partial charge in [0.15, 0.2) is 9.84 Å². The molecule has 0 aliphatic carbocycles. The Morgan fingerprint density at radius 1 is 1.29 bits per heavy atom. The monoisotopic (exact) mass is 256 g/mol. The van der Waals surface area contributed by atoms with Gasteiger partial charge in [-0.05, 0) is 5.56 Å². The molecule has 0 unspecified atom stereocenters. The van der Waals surface area contributed by atoms with Crippen LogP contribution in [0.25, 0.3) is 0 Å². The molecule has 1 rings (SSSR count). The predicted molar refractivity (Wildman–Crippen MR) is 63.8 cm³/mol. The predicted octanol–water partition coefficient (Wildman–Crippen LogP) is 1.12. The molecular formula is C11H14NO4S. The van der Waals surface area contributed by atoms with Crippen molar-refractivity contribution in [3.05, 3.63) is 42.2 Å². The van der Waals surface area contributed by atoms with Crippen LogP contribution in [0.15, 0.2) is 30.3 Å². The van der Waals surface area contributed by atoms with Gasteiger partial charge in [0.25, 0.3) is 0 Å². The van der Waals surface area contributed by atoms with E-state index in [9.17, 15) is 13.2 Å². The third kappa shape index (κ3) is 6.57. The standard InChI is InChI=1S/C11H14NO4S/c1-17(14,15)8-7-12-11(13)16-9-10-5-3-2-4-6-10/h2-6H,1,7-9H2,(H,12,13). The minimum atomic E-state index is -3.31. The van der Waals surface area contributed by atoms with Crippen LogP contribution >= 0.6 is 0 Å². The molecule has 0 heterocycles. The molecule has 0 aliphatic rings. The molecule has 0 spiro atoms. The first-order valence-electron chi connectivity index (χ1n) is 4.98. The average molecular weight is 256 g/mol. The van der Waals surface area contributed by atoms with Crippen molar-refractivity contribution in [2.45, 2.75) is 6.61 Å². The van der Waals surface area contributed by atoms with Crippen LogP contribution in [0.1, 0.15) is 5.56 Å². The van der Waals surface area contributed by atoms with Crippen LogP contribution in [-0.2, 0) is 21.2 Å². The minimum Gasteiger partial charge on any atom is -0.445 e. The molecule has 0 saturated heterocycles. The number of rotatable bonds is 5. The smallest absolute Gasteiger partial charge is 0.407 e. The van der Waals surface area contributed by atoms with Crippen LogP contribution in [0, 0.1) is 6.26 Å². The van der Waals surface area contributed by atoms with E-state index in [0.29, 0.717) is 0 Å². The second-order valence-corrected chi connectivity index (χ2v) is 5.33. The lowest BCUT2D eigenvalue weighted by Crippen LogP contribution is -2.28. The summed E-state index contributed by atoms with van der Waals surface area (Å²) in [4.78, 5) is 11.2. The van der Waals surface area contributed by atoms with E-state index in [4.69, 9.17) is 4.74 Å². The highest BCUT2D eigenvalue weighted by Crippen LogP contribution is 2.00. The Balaban J connectivity index is 2.22. The van der Waals surface area contributed by atoms with Crippen molar-refractivity contribution >= 4 is 15.9 Å². The fourth-order valence-corrected chi connectivity index (χ4v) is 1.50. The van der Waals surface area contributed by atoms with Gasteiger partial charge in [-0.25, -0.2) is 13.2 Å². The van der Waals surface area contributed by atoms with Gasteiger partial charge in [0.2, 0.25) is 0 Å². The lowest BCUT2D eigenvalue weighted by atomic mass is 10.2. The molecule has 0 bridgehead atoms. The van der Waals surface area contributed by atoms with E-state index in [-0.39, 0.29) is 18.9 Å². The van der Waals surface area contributed by atoms with Gasteiger partial charge in [-0.1, -0.05) is 30.3 Å². The second-order valence-electron chi connectivity index (χ2n) is 3.44. The van der Waals surface area contributed by atoms with E-state index in [1.807, 2.05) is 30.3 Å². The number of amides is 1. The number of nitrogens with one attached hydrogen (secondary N) is 1. The first-order chi connectivity index (χ1) is 7.97. The topological polar surface area (TPSA) is 72.5 Å². The first kappa shape index (κ1) is 13.5. The Bertz CT molecular complexity index is 456. The molecule has 1 N–H and O–H groups in total. The van der Waals surface area contributed by atoms with Crippen LogP contribution in [0.2, 0.25) is 0 Å². The molecule has 1 aromatic rings. The number of hydrogen-bond donors (Lipinski definition) is 1. The molecule has 0 saturated carbocycles. The molecule has 0 atom stereocenters. The zero-order valence-corrected chi connectivity index (χ0v) is 10.1. The van der Waals surface area contributed by atoms with Gasteiger partial charge in [0, 0.05) is 6.54 Å². The number of carbonyl (C=O) groups is 1. The average Bonchev–Trinajstić information content (AvgIpc) is 2.26. The third-order valence-electron chi connectivity index (χ3n) is 1.90. The molecule has 93 valence electrons. The van der Waals surface area contributed by atoms with Crippen LogP contribution in [0.3, 0.4) is 0 Å². The summed E-state index contributed by atoms with van der Waals surface area (Å²) in [6, 6.07) is 9.20. The van der Waals surface area contributed by atoms with Gasteiger partial charge in [0.05, 0.1) is 12.0 Å². The zero-order valence-electron chi connectivity index (χ0n) is 9.26. The molecular weight excluding hydrogens is 242 g/mol. The molecule has 0 aromatic heterocycles. The lowest BCUT2D eigenvalue weighted by molar-refractivity contribution is 0.140. The van der Waals surface area contributed by atoms with Crippen LogP contribution in [-0.4, -0.2) is 26.8 Å². The molecule has 5 nitrogen and oxygen atoms in total. The normalized spacial score (nSPS) is 10.9. The van der Waals surface area contributed by atoms with Gasteiger partial charge in [0.1, 0.15) is 6.61 Å². The van der Waals surface area contributed by atoms with Crippen LogP contribution in [0.5, 0.6) is 0 Å². The molecule has 17 heavy (non-hydrogen) atoms. The minimum absolute atomic E-state index is 0.000539. The maximum Gasteiger partial charge on any atom is 0.407 e. The highest BCUT2D eigenvalue weighted by Gasteiger charge is 2.05. The number of ether oxygens (including phenoxy) is 1. The maximum atomic E-state index is 11.2. The maximum absolute atomic E-state index is 11.2. The number of alkyl carbamates (subject to hydrolysis) is 1. The lowest BCUT2D eigenvalue weighted by Gasteiger charge is -2.06. The van der Waals surface area contributed by atoms with Crippen molar-refractivity contribution in [3.63, 3.8) is 0 Å². The van der Waals surface area contributed by atoms with Crippen molar-refractivity contribution < 1.29 is 17.9 Å². The van der Waals surface area contributed by atoms with E-state index >= 15 is 0 Å². The number of sulfone groups is 1. The number of carbonyl (C=O) groups excluding carboxylic acids is 1. The number of benzene rings is 1. The van der Waals surface area contributed by atoms with E-state index in [1.54, 1.807) is 0 Å². The molecule has 1 radical (unpaired) electrons. The van der Waals surface area contributed by atoms with E-state index in [2.05, 4.69) is 11.6 Å². The van der Waals surface area contributed by atoms with E-state index in [1.165, 1.54) is 0 Å². The van der Waals surface area contributed by atoms with Gasteiger partial charge >= 0.3 is 6.09 Å². The third-order valence-corrected chi connectivity index (χ3v) is 2.72. The first-order valence-corrected chi connectivity index (χ1v) is 6.80. The molecule has 6 heteroatoms. The summed E-state index contributed by atoms with van der Waals surface area (Å²) < 4.78 is 26.3. The summed E-state index contributed by atoms with van der Waals surface area (Å²) in [6.45, 7) is 0.156. The largest absolute Gasteiger partial charge is 0.445 e. The SMILES string of the molecule is [CH2]S(=O)(=O)CCNC(=O)OCc1ccccc1. The fourth-order valence-electron chi connectivity index (χ4n) is 1.08. The fraction of sp³-hybridized carbons (Fsp3) is 0.273. The Hall–Kier alpha value is -1.56. The van der Waals surface area contributed by atoms with Crippen LogP contribution < -0.4 is 5.32 Å². The summed E-state index contributed by atoms with van der Waals surface area (Å²) in [7, 11) is -3.31. The summed E-state index contributed by atoms with van der Waals surface area (Å²) in [5.74, 6) is -0.201. The second kappa shape index (κ2) is 6.24. The summed E-state index contributed by atoms with van der Waals surface area (Å²) in [5, 5.41) is 2.33. The highest BCUT2D eigenvalue weighted by molar-refractivity contribution is 7.92. The highest BCUT2D eigenvalue weighted by atomic mass is 32.2. The number of hydrogen-bond acceptors (Lipinski definition) is 4. The van der Waals surface area contributed by atoms with Gasteiger partial charge in [-0.3, -0.25) is 0 Å². The Labute approximate surface area is 101 Å². The molecule has 1 amide bonds.